The first-order valence-electron chi connectivity index (χ1n) is 8.02. The molecule has 1 aromatic carbocycles. The average molecular weight is 306 g/mol. The first kappa shape index (κ1) is 14.1. The number of rotatable bonds is 2. The van der Waals surface area contributed by atoms with E-state index in [9.17, 15) is 4.79 Å². The summed E-state index contributed by atoms with van der Waals surface area (Å²) in [6.07, 6.45) is 4.76. The van der Waals surface area contributed by atoms with Gasteiger partial charge in [0.05, 0.1) is 11.4 Å². The molecule has 0 saturated heterocycles. The zero-order chi connectivity index (χ0) is 16.0. The van der Waals surface area contributed by atoms with Crippen molar-refractivity contribution in [3.05, 3.63) is 41.1 Å². The molecule has 5 heteroatoms. The Kier molecular flexibility index (Phi) is 3.22. The van der Waals surface area contributed by atoms with Crippen LogP contribution in [0.5, 0.6) is 0 Å². The quantitative estimate of drug-likeness (QED) is 0.787. The van der Waals surface area contributed by atoms with Gasteiger partial charge in [-0.3, -0.25) is 4.79 Å². The lowest BCUT2D eigenvalue weighted by Gasteiger charge is -2.18. The number of hydrazone groups is 1. The summed E-state index contributed by atoms with van der Waals surface area (Å²) >= 11 is 0. The van der Waals surface area contributed by atoms with Gasteiger partial charge in [-0.2, -0.15) is 15.1 Å². The molecule has 116 valence electrons. The number of hydrogen-bond donors (Lipinski definition) is 0. The van der Waals surface area contributed by atoms with Crippen LogP contribution in [0.4, 0.5) is 0 Å². The van der Waals surface area contributed by atoms with Crippen LogP contribution >= 0.6 is 0 Å². The first-order valence-corrected chi connectivity index (χ1v) is 8.02. The van der Waals surface area contributed by atoms with E-state index in [-0.39, 0.29) is 5.91 Å². The molecule has 1 fully saturated rings. The second kappa shape index (κ2) is 5.26. The molecule has 2 aliphatic heterocycles. The topological polar surface area (TPSA) is 57.4 Å². The second-order valence-electron chi connectivity index (χ2n) is 6.34. The summed E-state index contributed by atoms with van der Waals surface area (Å²) in [4.78, 5) is 20.7. The lowest BCUT2D eigenvalue weighted by Crippen LogP contribution is -2.28. The summed E-state index contributed by atoms with van der Waals surface area (Å²) in [5.41, 5.74) is 4.69. The lowest BCUT2D eigenvalue weighted by molar-refractivity contribution is -0.114. The van der Waals surface area contributed by atoms with E-state index in [0.29, 0.717) is 17.6 Å². The zero-order valence-electron chi connectivity index (χ0n) is 13.3. The number of guanidine groups is 1. The molecule has 1 saturated carbocycles. The number of carbonyl (C=O) groups excluding carboxylic acids is 1. The van der Waals surface area contributed by atoms with Gasteiger partial charge in [-0.25, -0.2) is 4.99 Å². The van der Waals surface area contributed by atoms with Crippen LogP contribution in [0.3, 0.4) is 0 Å². The molecule has 0 atom stereocenters. The minimum atomic E-state index is -0.276. The van der Waals surface area contributed by atoms with Gasteiger partial charge in [-0.1, -0.05) is 38.1 Å². The van der Waals surface area contributed by atoms with Crippen molar-refractivity contribution < 1.29 is 4.79 Å². The maximum absolute atomic E-state index is 12.2. The number of benzene rings is 1. The van der Waals surface area contributed by atoms with Gasteiger partial charge in [-0.15, -0.1) is 0 Å². The number of hydrogen-bond acceptors (Lipinski definition) is 4. The Hall–Kier alpha value is -2.56. The minimum absolute atomic E-state index is 0.276. The van der Waals surface area contributed by atoms with Crippen molar-refractivity contribution in [2.45, 2.75) is 39.0 Å². The van der Waals surface area contributed by atoms with Crippen LogP contribution in [0, 0.1) is 0 Å². The van der Waals surface area contributed by atoms with E-state index >= 15 is 0 Å². The highest BCUT2D eigenvalue weighted by Crippen LogP contribution is 2.27. The smallest absolute Gasteiger partial charge is 0.265 e. The molecule has 1 amide bonds. The molecular formula is C18H18N4O. The van der Waals surface area contributed by atoms with E-state index < -0.39 is 0 Å². The molecule has 0 N–H and O–H groups in total. The Balaban J connectivity index is 1.67. The van der Waals surface area contributed by atoms with E-state index in [0.717, 1.165) is 36.2 Å². The fourth-order valence-electron chi connectivity index (χ4n) is 3.00. The SMILES string of the molecule is CC(C)c1ccc(C=C2C(=O)N=C3N=C4CCCC4=NN23)cc1. The van der Waals surface area contributed by atoms with Crippen LogP contribution in [0.25, 0.3) is 6.08 Å². The van der Waals surface area contributed by atoms with Crippen molar-refractivity contribution in [3.8, 4) is 0 Å². The summed E-state index contributed by atoms with van der Waals surface area (Å²) < 4.78 is 0. The zero-order valence-corrected chi connectivity index (χ0v) is 13.3. The van der Waals surface area contributed by atoms with Crippen molar-refractivity contribution in [3.63, 3.8) is 0 Å². The van der Waals surface area contributed by atoms with Gasteiger partial charge in [0.1, 0.15) is 5.70 Å². The predicted octanol–water partition coefficient (Wildman–Crippen LogP) is 3.34. The van der Waals surface area contributed by atoms with Crippen molar-refractivity contribution in [1.29, 1.82) is 0 Å². The summed E-state index contributed by atoms with van der Waals surface area (Å²) in [7, 11) is 0. The molecule has 2 heterocycles. The molecular weight excluding hydrogens is 288 g/mol. The normalized spacial score (nSPS) is 21.3. The van der Waals surface area contributed by atoms with Gasteiger partial charge in [-0.05, 0) is 42.4 Å². The van der Waals surface area contributed by atoms with Gasteiger partial charge in [0.25, 0.3) is 11.9 Å². The van der Waals surface area contributed by atoms with Crippen LogP contribution in [-0.2, 0) is 4.79 Å². The summed E-state index contributed by atoms with van der Waals surface area (Å²) in [5.74, 6) is 0.616. The van der Waals surface area contributed by atoms with Crippen LogP contribution < -0.4 is 0 Å². The molecule has 5 nitrogen and oxygen atoms in total. The van der Waals surface area contributed by atoms with Crippen molar-refractivity contribution in [1.82, 2.24) is 5.01 Å². The first-order chi connectivity index (χ1) is 11.1. The number of amides is 1. The average Bonchev–Trinajstić information content (AvgIpc) is 3.10. The third-order valence-corrected chi connectivity index (χ3v) is 4.36. The fourth-order valence-corrected chi connectivity index (χ4v) is 3.00. The summed E-state index contributed by atoms with van der Waals surface area (Å²) in [6.45, 7) is 4.32. The van der Waals surface area contributed by atoms with Crippen molar-refractivity contribution in [2.24, 2.45) is 15.1 Å². The van der Waals surface area contributed by atoms with Crippen LogP contribution in [0.1, 0.15) is 50.2 Å². The Morgan fingerprint density at radius 2 is 1.83 bits per heavy atom. The van der Waals surface area contributed by atoms with Crippen molar-refractivity contribution in [2.75, 3.05) is 0 Å². The molecule has 0 unspecified atom stereocenters. The molecule has 0 radical (unpaired) electrons. The standard InChI is InChI=1S/C18H18N4O/c1-11(2)13-8-6-12(7-9-13)10-16-17(23)20-18-19-14-4-3-5-15(14)21-22(16)18/h6-11H,3-5H2,1-2H3. The Morgan fingerprint density at radius 3 is 2.57 bits per heavy atom. The number of aliphatic imine (C=N–C) groups is 2. The number of carbonyl (C=O) groups is 1. The monoisotopic (exact) mass is 306 g/mol. The molecule has 4 rings (SSSR count). The van der Waals surface area contributed by atoms with Gasteiger partial charge >= 0.3 is 0 Å². The Bertz CT molecular complexity index is 797. The van der Waals surface area contributed by atoms with Crippen LogP contribution in [0.15, 0.2) is 45.0 Å². The van der Waals surface area contributed by atoms with E-state index in [1.807, 2.05) is 18.2 Å². The third kappa shape index (κ3) is 2.42. The van der Waals surface area contributed by atoms with Gasteiger partial charge in [0, 0.05) is 0 Å². The lowest BCUT2D eigenvalue weighted by atomic mass is 10.0. The van der Waals surface area contributed by atoms with Gasteiger partial charge in [0.15, 0.2) is 0 Å². The molecule has 23 heavy (non-hydrogen) atoms. The molecule has 1 aliphatic carbocycles. The second-order valence-corrected chi connectivity index (χ2v) is 6.34. The highest BCUT2D eigenvalue weighted by molar-refractivity contribution is 6.46. The number of fused-ring (bicyclic) bond motifs is 2. The maximum Gasteiger partial charge on any atom is 0.299 e. The Morgan fingerprint density at radius 1 is 1.09 bits per heavy atom. The predicted molar refractivity (Wildman–Crippen MR) is 91.5 cm³/mol. The summed E-state index contributed by atoms with van der Waals surface area (Å²) in [6, 6.07) is 8.23. The fraction of sp³-hybridized carbons (Fsp3) is 0.333. The van der Waals surface area contributed by atoms with Crippen LogP contribution in [-0.4, -0.2) is 28.3 Å². The number of nitrogens with zero attached hydrogens (tertiary/aromatic N) is 4. The Labute approximate surface area is 135 Å². The highest BCUT2D eigenvalue weighted by atomic mass is 16.2. The van der Waals surface area contributed by atoms with Crippen molar-refractivity contribution >= 4 is 29.4 Å². The largest absolute Gasteiger partial charge is 0.299 e. The van der Waals surface area contributed by atoms with Gasteiger partial charge < -0.3 is 0 Å². The molecule has 0 spiro atoms. The minimum Gasteiger partial charge on any atom is -0.265 e. The van der Waals surface area contributed by atoms with E-state index in [1.165, 1.54) is 5.56 Å². The molecule has 1 aromatic rings. The molecule has 3 aliphatic rings. The van der Waals surface area contributed by atoms with Crippen LogP contribution in [0.2, 0.25) is 0 Å². The van der Waals surface area contributed by atoms with Gasteiger partial charge in [0.2, 0.25) is 0 Å². The maximum atomic E-state index is 12.2. The van der Waals surface area contributed by atoms with E-state index in [2.05, 4.69) is 41.1 Å². The summed E-state index contributed by atoms with van der Waals surface area (Å²) in [5, 5.41) is 6.17. The van der Waals surface area contributed by atoms with E-state index in [1.54, 1.807) is 5.01 Å². The van der Waals surface area contributed by atoms with E-state index in [4.69, 9.17) is 0 Å². The molecule has 0 bridgehead atoms. The third-order valence-electron chi connectivity index (χ3n) is 4.36. The highest BCUT2D eigenvalue weighted by Gasteiger charge is 2.35. The molecule has 0 aromatic heterocycles.